The minimum Gasteiger partial charge on any atom is -0.455 e. The highest BCUT2D eigenvalue weighted by atomic mass is 19.1. The lowest BCUT2D eigenvalue weighted by Gasteiger charge is -2.27. The molecule has 0 spiro atoms. The largest absolute Gasteiger partial charge is 0.455 e. The number of unbranched alkanes of at least 4 members (excludes halogenated alkanes) is 1. The number of amides is 3. The van der Waals surface area contributed by atoms with Gasteiger partial charge in [0.1, 0.15) is 5.82 Å². The maximum atomic E-state index is 13.2. The van der Waals surface area contributed by atoms with Gasteiger partial charge in [-0.2, -0.15) is 0 Å². The highest BCUT2D eigenvalue weighted by molar-refractivity contribution is 5.96. The van der Waals surface area contributed by atoms with Crippen molar-refractivity contribution in [2.45, 2.75) is 50.9 Å². The number of carbonyl (C=O) groups excluding carboxylic acids is 3. The summed E-state index contributed by atoms with van der Waals surface area (Å²) >= 11 is 0. The monoisotopic (exact) mass is 364 g/mol. The third kappa shape index (κ3) is 5.03. The molecule has 0 bridgehead atoms. The van der Waals surface area contributed by atoms with E-state index in [0.29, 0.717) is 24.9 Å². The maximum absolute atomic E-state index is 13.2. The van der Waals surface area contributed by atoms with Crippen molar-refractivity contribution in [1.29, 1.82) is 0 Å². The first-order valence-electron chi connectivity index (χ1n) is 8.99. The topological polar surface area (TPSA) is 84.5 Å². The number of halogens is 1. The summed E-state index contributed by atoms with van der Waals surface area (Å²) in [6, 6.07) is 5.20. The van der Waals surface area contributed by atoms with Gasteiger partial charge in [-0.25, -0.2) is 9.18 Å². The number of rotatable bonds is 7. The Balaban J connectivity index is 1.91. The first kappa shape index (κ1) is 19.9. The number of carbonyl (C=O) groups is 3. The predicted molar refractivity (Wildman–Crippen MR) is 94.0 cm³/mol. The lowest BCUT2D eigenvalue weighted by Crippen LogP contribution is -2.43. The van der Waals surface area contributed by atoms with Crippen LogP contribution in [0.5, 0.6) is 0 Å². The highest BCUT2D eigenvalue weighted by Gasteiger charge is 2.44. The lowest BCUT2D eigenvalue weighted by atomic mass is 9.79. The third-order valence-electron chi connectivity index (χ3n) is 4.65. The molecule has 0 aromatic heterocycles. The summed E-state index contributed by atoms with van der Waals surface area (Å²) in [6.07, 6.45) is 4.65. The third-order valence-corrected chi connectivity index (χ3v) is 4.65. The van der Waals surface area contributed by atoms with E-state index in [0.717, 1.165) is 25.7 Å². The molecule has 2 N–H and O–H groups in total. The van der Waals surface area contributed by atoms with Crippen LogP contribution in [0.1, 0.15) is 51.0 Å². The predicted octanol–water partition coefficient (Wildman–Crippen LogP) is 2.81. The molecule has 3 amide bonds. The number of urea groups is 1. The summed E-state index contributed by atoms with van der Waals surface area (Å²) in [5.74, 6) is -1.56. The van der Waals surface area contributed by atoms with Crippen molar-refractivity contribution in [1.82, 2.24) is 10.6 Å². The van der Waals surface area contributed by atoms with Gasteiger partial charge in [-0.15, -0.1) is 0 Å². The van der Waals surface area contributed by atoms with Gasteiger partial charge in [0.05, 0.1) is 5.41 Å². The van der Waals surface area contributed by atoms with E-state index >= 15 is 0 Å². The first-order valence-corrected chi connectivity index (χ1v) is 8.99. The standard InChI is InChI=1S/C19H25FN2O4/c1-2-3-12-21-18(25)22-16(23)13-26-17(24)19(10-4-5-11-19)14-6-8-15(20)9-7-14/h6-9H,2-5,10-13H2,1H3,(H2,21,22,23,25). The Morgan fingerprint density at radius 3 is 2.42 bits per heavy atom. The second kappa shape index (κ2) is 9.31. The van der Waals surface area contributed by atoms with Gasteiger partial charge in [0, 0.05) is 6.54 Å². The van der Waals surface area contributed by atoms with E-state index < -0.39 is 29.9 Å². The van der Waals surface area contributed by atoms with Gasteiger partial charge in [-0.1, -0.05) is 38.3 Å². The van der Waals surface area contributed by atoms with E-state index in [1.165, 1.54) is 12.1 Å². The molecule has 1 fully saturated rings. The Bertz CT molecular complexity index is 639. The summed E-state index contributed by atoms with van der Waals surface area (Å²) in [6.45, 7) is 1.94. The SMILES string of the molecule is CCCCNC(=O)NC(=O)COC(=O)C1(c2ccc(F)cc2)CCCC1. The van der Waals surface area contributed by atoms with Crippen LogP contribution in [0.4, 0.5) is 9.18 Å². The molecule has 7 heteroatoms. The van der Waals surface area contributed by atoms with Gasteiger partial charge in [0.15, 0.2) is 6.61 Å². The average Bonchev–Trinajstić information content (AvgIpc) is 3.11. The Labute approximate surface area is 152 Å². The van der Waals surface area contributed by atoms with E-state index in [9.17, 15) is 18.8 Å². The van der Waals surface area contributed by atoms with Crippen LogP contribution in [0.25, 0.3) is 0 Å². The minimum atomic E-state index is -0.850. The fourth-order valence-corrected chi connectivity index (χ4v) is 3.21. The van der Waals surface area contributed by atoms with E-state index in [-0.39, 0.29) is 5.82 Å². The molecule has 0 heterocycles. The lowest BCUT2D eigenvalue weighted by molar-refractivity contribution is -0.154. The molecule has 1 aromatic carbocycles. The Kier molecular flexibility index (Phi) is 7.12. The number of imide groups is 1. The molecule has 1 aliphatic carbocycles. The molecule has 0 unspecified atom stereocenters. The maximum Gasteiger partial charge on any atom is 0.321 e. The zero-order valence-electron chi connectivity index (χ0n) is 15.0. The molecule has 6 nitrogen and oxygen atoms in total. The molecule has 142 valence electrons. The summed E-state index contributed by atoms with van der Waals surface area (Å²) in [7, 11) is 0. The fourth-order valence-electron chi connectivity index (χ4n) is 3.21. The molecule has 2 rings (SSSR count). The van der Waals surface area contributed by atoms with Crippen LogP contribution in [0.2, 0.25) is 0 Å². The quantitative estimate of drug-likeness (QED) is 0.576. The van der Waals surface area contributed by atoms with Crippen molar-refractivity contribution < 1.29 is 23.5 Å². The number of esters is 1. The molecule has 0 radical (unpaired) electrons. The van der Waals surface area contributed by atoms with E-state index in [2.05, 4.69) is 10.6 Å². The highest BCUT2D eigenvalue weighted by Crippen LogP contribution is 2.42. The van der Waals surface area contributed by atoms with Crippen molar-refractivity contribution in [3.8, 4) is 0 Å². The van der Waals surface area contributed by atoms with Crippen LogP contribution in [0.3, 0.4) is 0 Å². The van der Waals surface area contributed by atoms with Crippen LogP contribution in [-0.4, -0.2) is 31.1 Å². The van der Waals surface area contributed by atoms with Crippen molar-refractivity contribution in [3.63, 3.8) is 0 Å². The second-order valence-corrected chi connectivity index (χ2v) is 6.53. The van der Waals surface area contributed by atoms with Crippen LogP contribution >= 0.6 is 0 Å². The van der Waals surface area contributed by atoms with Gasteiger partial charge >= 0.3 is 12.0 Å². The minimum absolute atomic E-state index is 0.372. The van der Waals surface area contributed by atoms with Gasteiger partial charge < -0.3 is 10.1 Å². The number of hydrogen-bond acceptors (Lipinski definition) is 4. The number of ether oxygens (including phenoxy) is 1. The fraction of sp³-hybridized carbons (Fsp3) is 0.526. The molecule has 0 saturated heterocycles. The number of nitrogens with one attached hydrogen (secondary N) is 2. The summed E-state index contributed by atoms with van der Waals surface area (Å²) < 4.78 is 18.4. The van der Waals surface area contributed by atoms with E-state index in [1.54, 1.807) is 12.1 Å². The first-order chi connectivity index (χ1) is 12.5. The molecule has 1 aliphatic rings. The molecule has 1 aromatic rings. The van der Waals surface area contributed by atoms with Crippen molar-refractivity contribution in [2.75, 3.05) is 13.2 Å². The van der Waals surface area contributed by atoms with E-state index in [4.69, 9.17) is 4.74 Å². The summed E-state index contributed by atoms with van der Waals surface area (Å²) in [5.41, 5.74) is -0.156. The average molecular weight is 364 g/mol. The molecule has 26 heavy (non-hydrogen) atoms. The molecule has 1 saturated carbocycles. The van der Waals surface area contributed by atoms with Crippen LogP contribution < -0.4 is 10.6 Å². The second-order valence-electron chi connectivity index (χ2n) is 6.53. The molecular formula is C19H25FN2O4. The zero-order valence-corrected chi connectivity index (χ0v) is 15.0. The normalized spacial score (nSPS) is 15.3. The molecular weight excluding hydrogens is 339 g/mol. The van der Waals surface area contributed by atoms with Crippen LogP contribution in [0.15, 0.2) is 24.3 Å². The Morgan fingerprint density at radius 1 is 1.15 bits per heavy atom. The van der Waals surface area contributed by atoms with Gasteiger partial charge in [0.2, 0.25) is 0 Å². The van der Waals surface area contributed by atoms with Crippen LogP contribution in [0, 0.1) is 5.82 Å². The van der Waals surface area contributed by atoms with Crippen molar-refractivity contribution in [3.05, 3.63) is 35.6 Å². The summed E-state index contributed by atoms with van der Waals surface area (Å²) in [5, 5.41) is 4.68. The Morgan fingerprint density at radius 2 is 1.81 bits per heavy atom. The van der Waals surface area contributed by atoms with Gasteiger partial charge in [0.25, 0.3) is 5.91 Å². The molecule has 0 aliphatic heterocycles. The smallest absolute Gasteiger partial charge is 0.321 e. The van der Waals surface area contributed by atoms with Crippen LogP contribution in [-0.2, 0) is 19.7 Å². The Hall–Kier alpha value is -2.44. The van der Waals surface area contributed by atoms with Gasteiger partial charge in [-0.05, 0) is 37.0 Å². The summed E-state index contributed by atoms with van der Waals surface area (Å²) in [4.78, 5) is 36.0. The van der Waals surface area contributed by atoms with Gasteiger partial charge in [-0.3, -0.25) is 14.9 Å². The number of benzene rings is 1. The molecule has 0 atom stereocenters. The van der Waals surface area contributed by atoms with Crippen molar-refractivity contribution in [2.24, 2.45) is 0 Å². The van der Waals surface area contributed by atoms with E-state index in [1.807, 2.05) is 6.92 Å². The zero-order chi connectivity index (χ0) is 19.0. The van der Waals surface area contributed by atoms with Crippen molar-refractivity contribution >= 4 is 17.9 Å². The number of hydrogen-bond donors (Lipinski definition) is 2.